The molecule has 0 aliphatic carbocycles. The van der Waals surface area contributed by atoms with Crippen molar-refractivity contribution in [3.05, 3.63) is 0 Å². The maximum absolute atomic E-state index is 12.4. The van der Waals surface area contributed by atoms with E-state index >= 15 is 0 Å². The molecule has 0 spiro atoms. The van der Waals surface area contributed by atoms with Crippen LogP contribution in [0, 0.1) is 5.92 Å². The average molecular weight is 279 g/mol. The summed E-state index contributed by atoms with van der Waals surface area (Å²) in [4.78, 5) is 26.1. The molecule has 0 radical (unpaired) electrons. The number of amides is 2. The molecule has 0 aromatic rings. The van der Waals surface area contributed by atoms with Crippen molar-refractivity contribution in [3.63, 3.8) is 0 Å². The Kier molecular flexibility index (Phi) is 4.24. The van der Waals surface area contributed by atoms with Crippen molar-refractivity contribution in [2.75, 3.05) is 19.6 Å². The maximum Gasteiger partial charge on any atom is 0.225 e. The first kappa shape index (κ1) is 13.9. The molecule has 5 heteroatoms. The van der Waals surface area contributed by atoms with Gasteiger partial charge in [0.2, 0.25) is 11.8 Å². The summed E-state index contributed by atoms with van der Waals surface area (Å²) < 4.78 is 0. The lowest BCUT2D eigenvalue weighted by Crippen LogP contribution is -2.49. The van der Waals surface area contributed by atoms with E-state index in [0.717, 1.165) is 32.4 Å². The molecule has 3 heterocycles. The minimum absolute atomic E-state index is 0.0421. The number of hydrogen-bond acceptors (Lipinski definition) is 3. The highest BCUT2D eigenvalue weighted by Crippen LogP contribution is 2.28. The van der Waals surface area contributed by atoms with Gasteiger partial charge in [-0.25, -0.2) is 0 Å². The molecule has 3 aliphatic heterocycles. The van der Waals surface area contributed by atoms with E-state index in [1.54, 1.807) is 0 Å². The Hall–Kier alpha value is -1.10. The predicted molar refractivity (Wildman–Crippen MR) is 76.1 cm³/mol. The molecule has 20 heavy (non-hydrogen) atoms. The molecule has 3 unspecified atom stereocenters. The van der Waals surface area contributed by atoms with Crippen molar-refractivity contribution in [2.24, 2.45) is 5.92 Å². The summed E-state index contributed by atoms with van der Waals surface area (Å²) in [6, 6.07) is 0.625. The second-order valence-electron chi connectivity index (χ2n) is 6.33. The van der Waals surface area contributed by atoms with Crippen molar-refractivity contribution < 1.29 is 9.59 Å². The van der Waals surface area contributed by atoms with Gasteiger partial charge in [-0.1, -0.05) is 6.42 Å². The molecule has 5 nitrogen and oxygen atoms in total. The fourth-order valence-electron chi connectivity index (χ4n) is 3.87. The standard InChI is InChI=1S/C15H25N3O2/c19-14(7-6-11-4-1-2-8-16-11)18-9-3-5-12-13(18)10-17-15(12)20/h11-13,16H,1-10H2,(H,17,20). The van der Waals surface area contributed by atoms with Crippen LogP contribution in [0.15, 0.2) is 0 Å². The normalized spacial score (nSPS) is 33.7. The summed E-state index contributed by atoms with van der Waals surface area (Å²) >= 11 is 0. The second kappa shape index (κ2) is 6.12. The lowest BCUT2D eigenvalue weighted by atomic mass is 9.91. The highest BCUT2D eigenvalue weighted by Gasteiger charge is 2.42. The van der Waals surface area contributed by atoms with E-state index in [1.807, 2.05) is 4.90 Å². The van der Waals surface area contributed by atoms with Crippen molar-refractivity contribution >= 4 is 11.8 Å². The van der Waals surface area contributed by atoms with E-state index in [9.17, 15) is 9.59 Å². The number of nitrogens with zero attached hydrogens (tertiary/aromatic N) is 1. The van der Waals surface area contributed by atoms with Crippen molar-refractivity contribution in [1.82, 2.24) is 15.5 Å². The minimum Gasteiger partial charge on any atom is -0.354 e. The fraction of sp³-hybridized carbons (Fsp3) is 0.867. The highest BCUT2D eigenvalue weighted by molar-refractivity contribution is 5.84. The SMILES string of the molecule is O=C1NCC2C1CCCN2C(=O)CCC1CCCCN1. The van der Waals surface area contributed by atoms with E-state index in [1.165, 1.54) is 19.3 Å². The monoisotopic (exact) mass is 279 g/mol. The van der Waals surface area contributed by atoms with Gasteiger partial charge in [0, 0.05) is 25.6 Å². The molecule has 3 rings (SSSR count). The van der Waals surface area contributed by atoms with Crippen LogP contribution in [0.25, 0.3) is 0 Å². The van der Waals surface area contributed by atoms with Gasteiger partial charge in [0.1, 0.15) is 0 Å². The molecule has 3 saturated heterocycles. The first-order valence-corrected chi connectivity index (χ1v) is 8.06. The Morgan fingerprint density at radius 2 is 2.15 bits per heavy atom. The van der Waals surface area contributed by atoms with E-state index in [0.29, 0.717) is 19.0 Å². The third-order valence-corrected chi connectivity index (χ3v) is 5.04. The Bertz CT molecular complexity index is 379. The zero-order valence-electron chi connectivity index (χ0n) is 12.1. The van der Waals surface area contributed by atoms with Crippen molar-refractivity contribution in [1.29, 1.82) is 0 Å². The summed E-state index contributed by atoms with van der Waals surface area (Å²) in [6.07, 6.45) is 7.18. The zero-order chi connectivity index (χ0) is 13.9. The van der Waals surface area contributed by atoms with Crippen LogP contribution in [-0.4, -0.2) is 48.4 Å². The second-order valence-corrected chi connectivity index (χ2v) is 6.33. The van der Waals surface area contributed by atoms with Crippen LogP contribution < -0.4 is 10.6 Å². The Balaban J connectivity index is 1.52. The lowest BCUT2D eigenvalue weighted by molar-refractivity contribution is -0.137. The number of rotatable bonds is 3. The molecule has 2 N–H and O–H groups in total. The van der Waals surface area contributed by atoms with Gasteiger partial charge in [-0.3, -0.25) is 9.59 Å². The Morgan fingerprint density at radius 3 is 2.95 bits per heavy atom. The number of likely N-dealkylation sites (tertiary alicyclic amines) is 1. The average Bonchev–Trinajstić information content (AvgIpc) is 2.87. The molecule has 0 aromatic heterocycles. The fourth-order valence-corrected chi connectivity index (χ4v) is 3.87. The molecule has 3 fully saturated rings. The number of carbonyl (C=O) groups excluding carboxylic acids is 2. The maximum atomic E-state index is 12.4. The first-order valence-electron chi connectivity index (χ1n) is 8.06. The van der Waals surface area contributed by atoms with Gasteiger partial charge in [0.15, 0.2) is 0 Å². The first-order chi connectivity index (χ1) is 9.75. The Morgan fingerprint density at radius 1 is 1.25 bits per heavy atom. The summed E-state index contributed by atoms with van der Waals surface area (Å²) in [5, 5.41) is 6.40. The number of nitrogens with one attached hydrogen (secondary N) is 2. The van der Waals surface area contributed by atoms with E-state index in [2.05, 4.69) is 10.6 Å². The van der Waals surface area contributed by atoms with E-state index in [4.69, 9.17) is 0 Å². The molecular weight excluding hydrogens is 254 g/mol. The smallest absolute Gasteiger partial charge is 0.225 e. The predicted octanol–water partition coefficient (Wildman–Crippen LogP) is 0.646. The third kappa shape index (κ3) is 2.82. The topological polar surface area (TPSA) is 61.4 Å². The van der Waals surface area contributed by atoms with Gasteiger partial charge < -0.3 is 15.5 Å². The number of hydrogen-bond donors (Lipinski definition) is 2. The van der Waals surface area contributed by atoms with Crippen LogP contribution in [0.3, 0.4) is 0 Å². The van der Waals surface area contributed by atoms with Gasteiger partial charge in [0.25, 0.3) is 0 Å². The van der Waals surface area contributed by atoms with Gasteiger partial charge in [-0.15, -0.1) is 0 Å². The molecule has 2 amide bonds. The van der Waals surface area contributed by atoms with Crippen LogP contribution in [0.1, 0.15) is 44.9 Å². The number of carbonyl (C=O) groups is 2. The zero-order valence-corrected chi connectivity index (χ0v) is 12.1. The van der Waals surface area contributed by atoms with Crippen LogP contribution in [0.4, 0.5) is 0 Å². The van der Waals surface area contributed by atoms with Gasteiger partial charge >= 0.3 is 0 Å². The lowest BCUT2D eigenvalue weighted by Gasteiger charge is -2.36. The van der Waals surface area contributed by atoms with Crippen LogP contribution in [-0.2, 0) is 9.59 Å². The van der Waals surface area contributed by atoms with Crippen LogP contribution in [0.5, 0.6) is 0 Å². The summed E-state index contributed by atoms with van der Waals surface area (Å²) in [5.74, 6) is 0.422. The summed E-state index contributed by atoms with van der Waals surface area (Å²) in [5.41, 5.74) is 0. The molecule has 0 bridgehead atoms. The highest BCUT2D eigenvalue weighted by atomic mass is 16.2. The van der Waals surface area contributed by atoms with Crippen molar-refractivity contribution in [2.45, 2.75) is 57.0 Å². The minimum atomic E-state index is 0.0421. The molecule has 0 saturated carbocycles. The van der Waals surface area contributed by atoms with Crippen LogP contribution in [0.2, 0.25) is 0 Å². The van der Waals surface area contributed by atoms with Gasteiger partial charge in [0.05, 0.1) is 12.0 Å². The van der Waals surface area contributed by atoms with Gasteiger partial charge in [-0.2, -0.15) is 0 Å². The van der Waals surface area contributed by atoms with Crippen LogP contribution >= 0.6 is 0 Å². The summed E-state index contributed by atoms with van der Waals surface area (Å²) in [6.45, 7) is 2.57. The van der Waals surface area contributed by atoms with Gasteiger partial charge in [-0.05, 0) is 38.6 Å². The molecule has 0 aromatic carbocycles. The largest absolute Gasteiger partial charge is 0.354 e. The molecule has 112 valence electrons. The van der Waals surface area contributed by atoms with E-state index < -0.39 is 0 Å². The number of piperidine rings is 2. The van der Waals surface area contributed by atoms with E-state index in [-0.39, 0.29) is 23.8 Å². The molecule has 3 aliphatic rings. The molecule has 3 atom stereocenters. The quantitative estimate of drug-likeness (QED) is 0.797. The molecular formula is C15H25N3O2. The summed E-state index contributed by atoms with van der Waals surface area (Å²) in [7, 11) is 0. The third-order valence-electron chi connectivity index (χ3n) is 5.04. The Labute approximate surface area is 120 Å². The number of fused-ring (bicyclic) bond motifs is 1. The van der Waals surface area contributed by atoms with Crippen molar-refractivity contribution in [3.8, 4) is 0 Å².